The topological polar surface area (TPSA) is 21.3 Å². The largest absolute Gasteiger partial charge is 0.378 e. The molecule has 1 aliphatic carbocycles. The second kappa shape index (κ2) is 6.73. The Morgan fingerprint density at radius 1 is 1.30 bits per heavy atom. The molecule has 2 heteroatoms. The lowest BCUT2D eigenvalue weighted by Gasteiger charge is -2.54. The lowest BCUT2D eigenvalue weighted by molar-refractivity contribution is -0.127. The molecule has 0 aliphatic heterocycles. The zero-order valence-corrected chi connectivity index (χ0v) is 13.4. The second-order valence-corrected chi connectivity index (χ2v) is 6.35. The number of rotatable bonds is 7. The summed E-state index contributed by atoms with van der Waals surface area (Å²) in [5.74, 6) is 0. The molecule has 1 aliphatic rings. The summed E-state index contributed by atoms with van der Waals surface area (Å²) >= 11 is 0. The first kappa shape index (κ1) is 15.5. The van der Waals surface area contributed by atoms with E-state index in [0.717, 1.165) is 19.4 Å². The molecule has 1 N–H and O–H groups in total. The van der Waals surface area contributed by atoms with Crippen LogP contribution in [-0.2, 0) is 11.2 Å². The van der Waals surface area contributed by atoms with Crippen LogP contribution in [0.2, 0.25) is 0 Å². The predicted octanol–water partition coefficient (Wildman–Crippen LogP) is 3.80. The first-order valence-electron chi connectivity index (χ1n) is 8.01. The highest BCUT2D eigenvalue weighted by Crippen LogP contribution is 2.46. The van der Waals surface area contributed by atoms with E-state index in [9.17, 15) is 0 Å². The van der Waals surface area contributed by atoms with Crippen molar-refractivity contribution in [2.24, 2.45) is 5.41 Å². The van der Waals surface area contributed by atoms with Crippen molar-refractivity contribution in [1.29, 1.82) is 0 Å². The van der Waals surface area contributed by atoms with Crippen LogP contribution >= 0.6 is 0 Å². The van der Waals surface area contributed by atoms with Gasteiger partial charge in [0.05, 0.1) is 6.10 Å². The molecule has 0 saturated heterocycles. The van der Waals surface area contributed by atoms with Crippen LogP contribution in [0.3, 0.4) is 0 Å². The normalized spacial score (nSPS) is 30.8. The van der Waals surface area contributed by atoms with E-state index in [1.54, 1.807) is 0 Å². The Morgan fingerprint density at radius 3 is 2.60 bits per heavy atom. The van der Waals surface area contributed by atoms with Gasteiger partial charge in [0.1, 0.15) is 0 Å². The Labute approximate surface area is 123 Å². The quantitative estimate of drug-likeness (QED) is 0.817. The van der Waals surface area contributed by atoms with Crippen molar-refractivity contribution in [2.45, 2.75) is 65.1 Å². The highest BCUT2D eigenvalue weighted by Gasteiger charge is 2.51. The van der Waals surface area contributed by atoms with Crippen molar-refractivity contribution < 1.29 is 4.74 Å². The Kier molecular flexibility index (Phi) is 5.22. The van der Waals surface area contributed by atoms with Gasteiger partial charge < -0.3 is 10.1 Å². The third kappa shape index (κ3) is 3.24. The molecule has 0 spiro atoms. The molecule has 20 heavy (non-hydrogen) atoms. The molecular weight excluding hydrogens is 246 g/mol. The minimum atomic E-state index is 0.293. The molecule has 1 fully saturated rings. The fourth-order valence-electron chi connectivity index (χ4n) is 3.38. The molecule has 0 aromatic heterocycles. The molecular formula is C18H29NO. The van der Waals surface area contributed by atoms with Crippen LogP contribution in [0.5, 0.6) is 0 Å². The third-order valence-corrected chi connectivity index (χ3v) is 4.98. The predicted molar refractivity (Wildman–Crippen MR) is 85.0 cm³/mol. The first-order chi connectivity index (χ1) is 9.60. The standard InChI is InChI=1S/C18H29NO/c1-5-18(4)16(13-17(18)20-6-2)19-14(3)12-15-10-8-7-9-11-15/h7-11,14,16-17,19H,5-6,12-13H2,1-4H3. The maximum atomic E-state index is 5.87. The molecule has 4 unspecified atom stereocenters. The van der Waals surface area contributed by atoms with E-state index in [0.29, 0.717) is 23.6 Å². The molecule has 1 aromatic rings. The monoisotopic (exact) mass is 275 g/mol. The van der Waals surface area contributed by atoms with Crippen LogP contribution in [0, 0.1) is 5.41 Å². The Morgan fingerprint density at radius 2 is 2.00 bits per heavy atom. The molecule has 0 amide bonds. The molecule has 0 heterocycles. The zero-order valence-electron chi connectivity index (χ0n) is 13.4. The summed E-state index contributed by atoms with van der Waals surface area (Å²) < 4.78 is 5.87. The average molecular weight is 275 g/mol. The number of benzene rings is 1. The van der Waals surface area contributed by atoms with Gasteiger partial charge in [-0.1, -0.05) is 44.2 Å². The number of ether oxygens (including phenoxy) is 1. The van der Waals surface area contributed by atoms with Crippen LogP contribution < -0.4 is 5.32 Å². The Balaban J connectivity index is 1.87. The summed E-state index contributed by atoms with van der Waals surface area (Å²) in [7, 11) is 0. The van der Waals surface area contributed by atoms with E-state index in [1.807, 2.05) is 0 Å². The lowest BCUT2D eigenvalue weighted by atomic mass is 9.61. The maximum Gasteiger partial charge on any atom is 0.0658 e. The van der Waals surface area contributed by atoms with E-state index in [2.05, 4.69) is 63.3 Å². The summed E-state index contributed by atoms with van der Waals surface area (Å²) in [6, 6.07) is 11.8. The highest BCUT2D eigenvalue weighted by molar-refractivity contribution is 5.16. The molecule has 1 saturated carbocycles. The van der Waals surface area contributed by atoms with Gasteiger partial charge in [-0.05, 0) is 38.7 Å². The second-order valence-electron chi connectivity index (χ2n) is 6.35. The van der Waals surface area contributed by atoms with Crippen LogP contribution in [0.4, 0.5) is 0 Å². The van der Waals surface area contributed by atoms with Crippen molar-refractivity contribution in [1.82, 2.24) is 5.32 Å². The summed E-state index contributed by atoms with van der Waals surface area (Å²) in [6.45, 7) is 9.85. The van der Waals surface area contributed by atoms with Crippen LogP contribution in [0.1, 0.15) is 46.1 Å². The molecule has 2 nitrogen and oxygen atoms in total. The minimum absolute atomic E-state index is 0.293. The SMILES string of the molecule is CCOC1CC(NC(C)Cc2ccccc2)C1(C)CC. The summed E-state index contributed by atoms with van der Waals surface area (Å²) in [4.78, 5) is 0. The number of hydrogen-bond acceptors (Lipinski definition) is 2. The molecule has 2 rings (SSSR count). The summed E-state index contributed by atoms with van der Waals surface area (Å²) in [6.07, 6.45) is 3.85. The van der Waals surface area contributed by atoms with Crippen molar-refractivity contribution in [3.05, 3.63) is 35.9 Å². The fourth-order valence-corrected chi connectivity index (χ4v) is 3.38. The molecule has 0 radical (unpaired) electrons. The van der Waals surface area contributed by atoms with Gasteiger partial charge in [0, 0.05) is 24.1 Å². The van der Waals surface area contributed by atoms with Crippen molar-refractivity contribution in [2.75, 3.05) is 6.61 Å². The van der Waals surface area contributed by atoms with Gasteiger partial charge in [-0.2, -0.15) is 0 Å². The van der Waals surface area contributed by atoms with Crippen molar-refractivity contribution in [3.8, 4) is 0 Å². The minimum Gasteiger partial charge on any atom is -0.378 e. The van der Waals surface area contributed by atoms with Crippen LogP contribution in [0.15, 0.2) is 30.3 Å². The molecule has 0 bridgehead atoms. The van der Waals surface area contributed by atoms with E-state index in [1.165, 1.54) is 12.0 Å². The molecule has 1 aromatic carbocycles. The van der Waals surface area contributed by atoms with Gasteiger partial charge >= 0.3 is 0 Å². The van der Waals surface area contributed by atoms with Crippen molar-refractivity contribution >= 4 is 0 Å². The average Bonchev–Trinajstić information content (AvgIpc) is 2.46. The Hall–Kier alpha value is -0.860. The Bertz CT molecular complexity index is 405. The first-order valence-corrected chi connectivity index (χ1v) is 8.01. The van der Waals surface area contributed by atoms with Gasteiger partial charge in [0.15, 0.2) is 0 Å². The van der Waals surface area contributed by atoms with E-state index in [-0.39, 0.29) is 0 Å². The smallest absolute Gasteiger partial charge is 0.0658 e. The third-order valence-electron chi connectivity index (χ3n) is 4.98. The van der Waals surface area contributed by atoms with Gasteiger partial charge in [-0.3, -0.25) is 0 Å². The van der Waals surface area contributed by atoms with Crippen molar-refractivity contribution in [3.63, 3.8) is 0 Å². The lowest BCUT2D eigenvalue weighted by Crippen LogP contribution is -2.63. The van der Waals surface area contributed by atoms with Gasteiger partial charge in [0.25, 0.3) is 0 Å². The van der Waals surface area contributed by atoms with E-state index >= 15 is 0 Å². The number of nitrogens with one attached hydrogen (secondary N) is 1. The van der Waals surface area contributed by atoms with E-state index in [4.69, 9.17) is 4.74 Å². The molecule has 112 valence electrons. The zero-order chi connectivity index (χ0) is 14.6. The van der Waals surface area contributed by atoms with Gasteiger partial charge in [-0.25, -0.2) is 0 Å². The highest BCUT2D eigenvalue weighted by atomic mass is 16.5. The van der Waals surface area contributed by atoms with Gasteiger partial charge in [-0.15, -0.1) is 0 Å². The van der Waals surface area contributed by atoms with E-state index < -0.39 is 0 Å². The van der Waals surface area contributed by atoms with Crippen LogP contribution in [0.25, 0.3) is 0 Å². The fraction of sp³-hybridized carbons (Fsp3) is 0.667. The van der Waals surface area contributed by atoms with Gasteiger partial charge in [0.2, 0.25) is 0 Å². The summed E-state index contributed by atoms with van der Waals surface area (Å²) in [5.41, 5.74) is 1.70. The van der Waals surface area contributed by atoms with Crippen LogP contribution in [-0.4, -0.2) is 24.8 Å². The number of hydrogen-bond donors (Lipinski definition) is 1. The summed E-state index contributed by atoms with van der Waals surface area (Å²) in [5, 5.41) is 3.81. The maximum absolute atomic E-state index is 5.87. The molecule has 4 atom stereocenters.